The molecule has 1 heterocycles. The van der Waals surface area contributed by atoms with Crippen LogP contribution < -0.4 is 4.74 Å². The fourth-order valence-corrected chi connectivity index (χ4v) is 2.65. The summed E-state index contributed by atoms with van der Waals surface area (Å²) in [7, 11) is 3.44. The Labute approximate surface area is 129 Å². The van der Waals surface area contributed by atoms with E-state index in [1.54, 1.807) is 36.5 Å². The predicted octanol–water partition coefficient (Wildman–Crippen LogP) is 3.74. The summed E-state index contributed by atoms with van der Waals surface area (Å²) in [5.74, 6) is 0.787. The number of thiophene rings is 1. The number of carbonyl (C=O) groups is 1. The molecule has 0 aliphatic carbocycles. The molecule has 0 N–H and O–H groups in total. The summed E-state index contributed by atoms with van der Waals surface area (Å²) in [4.78, 5) is 14.9. The second-order valence-corrected chi connectivity index (χ2v) is 5.84. The standard InChI is InChI=1S/C17H19NO2S/c1-13-6-8-16(20-3)14(11-13)12-18(2)17(19)9-7-15-5-4-10-21-15/h4-11H,12H2,1-3H3/b9-7+. The van der Waals surface area contributed by atoms with Crippen LogP contribution in [0.25, 0.3) is 6.08 Å². The molecule has 4 heteroatoms. The number of ether oxygens (including phenoxy) is 1. The first-order valence-electron chi connectivity index (χ1n) is 6.70. The molecule has 1 aromatic carbocycles. The zero-order valence-corrected chi connectivity index (χ0v) is 13.3. The number of hydrogen-bond acceptors (Lipinski definition) is 3. The Kier molecular flexibility index (Phi) is 5.17. The van der Waals surface area contributed by atoms with Crippen LogP contribution in [0.1, 0.15) is 16.0 Å². The summed E-state index contributed by atoms with van der Waals surface area (Å²) in [6, 6.07) is 9.94. The van der Waals surface area contributed by atoms with E-state index in [-0.39, 0.29) is 5.91 Å². The zero-order chi connectivity index (χ0) is 15.2. The van der Waals surface area contributed by atoms with Crippen LogP contribution in [0.4, 0.5) is 0 Å². The first-order chi connectivity index (χ1) is 10.1. The van der Waals surface area contributed by atoms with Gasteiger partial charge in [0.1, 0.15) is 5.75 Å². The van der Waals surface area contributed by atoms with Crippen molar-refractivity contribution in [3.8, 4) is 5.75 Å². The average Bonchev–Trinajstić information content (AvgIpc) is 2.98. The Balaban J connectivity index is 2.05. The van der Waals surface area contributed by atoms with Gasteiger partial charge in [0.2, 0.25) is 5.91 Å². The van der Waals surface area contributed by atoms with Gasteiger partial charge in [-0.25, -0.2) is 0 Å². The Hall–Kier alpha value is -2.07. The molecule has 0 saturated heterocycles. The van der Waals surface area contributed by atoms with E-state index < -0.39 is 0 Å². The van der Waals surface area contributed by atoms with Crippen molar-refractivity contribution in [1.82, 2.24) is 4.90 Å². The summed E-state index contributed by atoms with van der Waals surface area (Å²) in [6.07, 6.45) is 3.45. The van der Waals surface area contributed by atoms with Gasteiger partial charge >= 0.3 is 0 Å². The molecule has 0 unspecified atom stereocenters. The van der Waals surface area contributed by atoms with E-state index in [4.69, 9.17) is 4.74 Å². The van der Waals surface area contributed by atoms with Gasteiger partial charge in [-0.05, 0) is 30.5 Å². The fourth-order valence-electron chi connectivity index (χ4n) is 2.03. The van der Waals surface area contributed by atoms with Gasteiger partial charge in [0.25, 0.3) is 0 Å². The van der Waals surface area contributed by atoms with Crippen molar-refractivity contribution in [3.05, 3.63) is 57.8 Å². The van der Waals surface area contributed by atoms with Gasteiger partial charge in [-0.1, -0.05) is 23.8 Å². The number of amides is 1. The third kappa shape index (κ3) is 4.20. The van der Waals surface area contributed by atoms with Crippen molar-refractivity contribution in [3.63, 3.8) is 0 Å². The highest BCUT2D eigenvalue weighted by Gasteiger charge is 2.10. The van der Waals surface area contributed by atoms with E-state index in [9.17, 15) is 4.79 Å². The predicted molar refractivity (Wildman–Crippen MR) is 87.6 cm³/mol. The summed E-state index contributed by atoms with van der Waals surface area (Å²) in [5.41, 5.74) is 2.17. The topological polar surface area (TPSA) is 29.5 Å². The molecule has 110 valence electrons. The van der Waals surface area contributed by atoms with Crippen LogP contribution in [-0.2, 0) is 11.3 Å². The van der Waals surface area contributed by atoms with Crippen molar-refractivity contribution < 1.29 is 9.53 Å². The maximum Gasteiger partial charge on any atom is 0.246 e. The van der Waals surface area contributed by atoms with E-state index in [1.165, 1.54) is 0 Å². The number of methoxy groups -OCH3 is 1. The van der Waals surface area contributed by atoms with Crippen molar-refractivity contribution in [2.45, 2.75) is 13.5 Å². The monoisotopic (exact) mass is 301 g/mol. The number of benzene rings is 1. The minimum atomic E-state index is -0.0213. The summed E-state index contributed by atoms with van der Waals surface area (Å²) in [6.45, 7) is 2.56. The van der Waals surface area contributed by atoms with Crippen molar-refractivity contribution >= 4 is 23.3 Å². The number of rotatable bonds is 5. The fraction of sp³-hybridized carbons (Fsp3) is 0.235. The molecule has 0 spiro atoms. The first-order valence-corrected chi connectivity index (χ1v) is 7.58. The van der Waals surface area contributed by atoms with Gasteiger partial charge in [-0.15, -0.1) is 11.3 Å². The molecule has 0 aliphatic heterocycles. The maximum absolute atomic E-state index is 12.1. The Morgan fingerprint density at radius 2 is 2.19 bits per heavy atom. The first kappa shape index (κ1) is 15.3. The highest BCUT2D eigenvalue weighted by molar-refractivity contribution is 7.10. The number of carbonyl (C=O) groups excluding carboxylic acids is 1. The molecule has 0 aliphatic rings. The van der Waals surface area contributed by atoms with Gasteiger partial charge in [0.15, 0.2) is 0 Å². The SMILES string of the molecule is COc1ccc(C)cc1CN(C)C(=O)/C=C/c1cccs1. The lowest BCUT2D eigenvalue weighted by molar-refractivity contribution is -0.125. The van der Waals surface area contributed by atoms with Gasteiger partial charge in [-0.3, -0.25) is 4.79 Å². The third-order valence-corrected chi connectivity index (χ3v) is 3.99. The van der Waals surface area contributed by atoms with Crippen molar-refractivity contribution in [1.29, 1.82) is 0 Å². The molecule has 3 nitrogen and oxygen atoms in total. The lowest BCUT2D eigenvalue weighted by Gasteiger charge is -2.17. The molecule has 0 radical (unpaired) electrons. The average molecular weight is 301 g/mol. The molecule has 0 fully saturated rings. The van der Waals surface area contributed by atoms with E-state index in [0.717, 1.165) is 21.8 Å². The summed E-state index contributed by atoms with van der Waals surface area (Å²) < 4.78 is 5.35. The van der Waals surface area contributed by atoms with Crippen LogP contribution in [-0.4, -0.2) is 25.0 Å². The normalized spacial score (nSPS) is 10.8. The molecule has 0 atom stereocenters. The highest BCUT2D eigenvalue weighted by atomic mass is 32.1. The lowest BCUT2D eigenvalue weighted by atomic mass is 10.1. The molecule has 1 aromatic heterocycles. The number of hydrogen-bond donors (Lipinski definition) is 0. The number of nitrogens with zero attached hydrogens (tertiary/aromatic N) is 1. The van der Waals surface area contributed by atoms with Crippen LogP contribution in [0, 0.1) is 6.92 Å². The number of likely N-dealkylation sites (N-methyl/N-ethyl adjacent to an activating group) is 1. The highest BCUT2D eigenvalue weighted by Crippen LogP contribution is 2.21. The second kappa shape index (κ2) is 7.09. The van der Waals surface area contributed by atoms with Crippen LogP contribution in [0.15, 0.2) is 41.8 Å². The van der Waals surface area contributed by atoms with Crippen molar-refractivity contribution in [2.24, 2.45) is 0 Å². The third-order valence-electron chi connectivity index (χ3n) is 3.15. The lowest BCUT2D eigenvalue weighted by Crippen LogP contribution is -2.24. The molecule has 2 aromatic rings. The maximum atomic E-state index is 12.1. The van der Waals surface area contributed by atoms with Gasteiger partial charge in [0.05, 0.1) is 7.11 Å². The van der Waals surface area contributed by atoms with Crippen molar-refractivity contribution in [2.75, 3.05) is 14.2 Å². The Morgan fingerprint density at radius 3 is 2.86 bits per heavy atom. The van der Waals surface area contributed by atoms with E-state index >= 15 is 0 Å². The van der Waals surface area contributed by atoms with Crippen LogP contribution in [0.2, 0.25) is 0 Å². The van der Waals surface area contributed by atoms with Crippen LogP contribution >= 0.6 is 11.3 Å². The molecule has 0 saturated carbocycles. The number of aryl methyl sites for hydroxylation is 1. The largest absolute Gasteiger partial charge is 0.496 e. The van der Waals surface area contributed by atoms with E-state index in [2.05, 4.69) is 0 Å². The van der Waals surface area contributed by atoms with E-state index in [0.29, 0.717) is 6.54 Å². The van der Waals surface area contributed by atoms with Crippen LogP contribution in [0.3, 0.4) is 0 Å². The van der Waals surface area contributed by atoms with Gasteiger partial charge in [0, 0.05) is 30.1 Å². The Morgan fingerprint density at radius 1 is 1.38 bits per heavy atom. The smallest absolute Gasteiger partial charge is 0.246 e. The molecule has 2 rings (SSSR count). The molecule has 1 amide bonds. The van der Waals surface area contributed by atoms with Gasteiger partial charge in [-0.2, -0.15) is 0 Å². The van der Waals surface area contributed by atoms with E-state index in [1.807, 2.05) is 48.7 Å². The Bertz CT molecular complexity index is 632. The molecule has 21 heavy (non-hydrogen) atoms. The minimum absolute atomic E-state index is 0.0213. The quantitative estimate of drug-likeness (QED) is 0.787. The summed E-state index contributed by atoms with van der Waals surface area (Å²) >= 11 is 1.61. The van der Waals surface area contributed by atoms with Crippen LogP contribution in [0.5, 0.6) is 5.75 Å². The van der Waals surface area contributed by atoms with Gasteiger partial charge < -0.3 is 9.64 Å². The molecular weight excluding hydrogens is 282 g/mol. The second-order valence-electron chi connectivity index (χ2n) is 4.86. The molecular formula is C17H19NO2S. The molecule has 0 bridgehead atoms. The minimum Gasteiger partial charge on any atom is -0.496 e. The summed E-state index contributed by atoms with van der Waals surface area (Å²) in [5, 5.41) is 1.99. The zero-order valence-electron chi connectivity index (χ0n) is 12.5.